The van der Waals surface area contributed by atoms with E-state index >= 15 is 0 Å². The molecule has 1 heterocycles. The molecule has 1 saturated heterocycles. The average molecular weight is 169 g/mol. The summed E-state index contributed by atoms with van der Waals surface area (Å²) in [7, 11) is 0. The summed E-state index contributed by atoms with van der Waals surface area (Å²) in [6, 6.07) is -0.229. The lowest BCUT2D eigenvalue weighted by atomic mass is 9.84. The van der Waals surface area contributed by atoms with Gasteiger partial charge in [0.15, 0.2) is 6.29 Å². The number of nitrogens with one attached hydrogen (secondary N) is 1. The molecule has 2 unspecified atom stereocenters. The van der Waals surface area contributed by atoms with Crippen molar-refractivity contribution in [1.82, 2.24) is 5.32 Å². The van der Waals surface area contributed by atoms with Gasteiger partial charge in [0.2, 0.25) is 5.78 Å². The number of rotatable bonds is 3. The summed E-state index contributed by atoms with van der Waals surface area (Å²) in [6.45, 7) is 5.08. The summed E-state index contributed by atoms with van der Waals surface area (Å²) in [5.41, 5.74) is 0.198. The molecule has 1 aliphatic rings. The Bertz CT molecular complexity index is 203. The lowest BCUT2D eigenvalue weighted by Crippen LogP contribution is -2.31. The second-order valence-corrected chi connectivity index (χ2v) is 3.82. The predicted molar refractivity (Wildman–Crippen MR) is 45.9 cm³/mol. The van der Waals surface area contributed by atoms with Gasteiger partial charge in [-0.1, -0.05) is 13.8 Å². The largest absolute Gasteiger partial charge is 0.307 e. The van der Waals surface area contributed by atoms with Crippen LogP contribution < -0.4 is 5.32 Å². The Morgan fingerprint density at radius 2 is 2.42 bits per heavy atom. The number of carbonyl (C=O) groups is 2. The first kappa shape index (κ1) is 9.39. The van der Waals surface area contributed by atoms with E-state index in [4.69, 9.17) is 0 Å². The van der Waals surface area contributed by atoms with E-state index in [9.17, 15) is 9.59 Å². The van der Waals surface area contributed by atoms with Gasteiger partial charge in [0.25, 0.3) is 0 Å². The van der Waals surface area contributed by atoms with Crippen LogP contribution in [0, 0.1) is 5.41 Å². The van der Waals surface area contributed by atoms with Gasteiger partial charge in [0, 0.05) is 6.54 Å². The quantitative estimate of drug-likeness (QED) is 0.495. The summed E-state index contributed by atoms with van der Waals surface area (Å²) in [6.07, 6.45) is 2.25. The standard InChI is InChI=1S/C9H15NO2/c1-3-9(2)4-7(10-6-9)8(12)5-11/h5,7,10H,3-4,6H2,1-2H3. The van der Waals surface area contributed by atoms with Crippen LogP contribution in [0.25, 0.3) is 0 Å². The molecule has 0 aliphatic carbocycles. The molecule has 1 fully saturated rings. The number of hydrogen-bond acceptors (Lipinski definition) is 3. The molecule has 2 atom stereocenters. The van der Waals surface area contributed by atoms with Crippen LogP contribution in [0.3, 0.4) is 0 Å². The first-order valence-electron chi connectivity index (χ1n) is 4.34. The Morgan fingerprint density at radius 3 is 2.83 bits per heavy atom. The second-order valence-electron chi connectivity index (χ2n) is 3.82. The third-order valence-electron chi connectivity index (χ3n) is 2.79. The summed E-state index contributed by atoms with van der Waals surface area (Å²) in [4.78, 5) is 21.2. The third-order valence-corrected chi connectivity index (χ3v) is 2.79. The summed E-state index contributed by atoms with van der Waals surface area (Å²) in [5, 5.41) is 3.07. The van der Waals surface area contributed by atoms with Crippen molar-refractivity contribution in [3.05, 3.63) is 0 Å². The van der Waals surface area contributed by atoms with Gasteiger partial charge in [-0.25, -0.2) is 0 Å². The average Bonchev–Trinajstić information content (AvgIpc) is 2.48. The molecule has 1 aliphatic heterocycles. The van der Waals surface area contributed by atoms with E-state index in [1.54, 1.807) is 0 Å². The monoisotopic (exact) mass is 169 g/mol. The highest BCUT2D eigenvalue weighted by atomic mass is 16.2. The maximum atomic E-state index is 11.0. The Balaban J connectivity index is 2.56. The Morgan fingerprint density at radius 1 is 1.75 bits per heavy atom. The van der Waals surface area contributed by atoms with E-state index < -0.39 is 0 Å². The second kappa shape index (κ2) is 3.35. The Labute approximate surface area is 72.5 Å². The van der Waals surface area contributed by atoms with Crippen LogP contribution in [0.1, 0.15) is 26.7 Å². The van der Waals surface area contributed by atoms with Gasteiger partial charge >= 0.3 is 0 Å². The van der Waals surface area contributed by atoms with Gasteiger partial charge in [-0.3, -0.25) is 9.59 Å². The summed E-state index contributed by atoms with van der Waals surface area (Å²) < 4.78 is 0. The number of ketones is 1. The van der Waals surface area contributed by atoms with Crippen molar-refractivity contribution in [2.24, 2.45) is 5.41 Å². The fraction of sp³-hybridized carbons (Fsp3) is 0.778. The molecule has 0 aromatic rings. The predicted octanol–water partition coefficient (Wildman–Crippen LogP) is 0.533. The van der Waals surface area contributed by atoms with Crippen LogP contribution in [0.4, 0.5) is 0 Å². The molecule has 1 N–H and O–H groups in total. The zero-order valence-corrected chi connectivity index (χ0v) is 7.59. The number of aldehydes is 1. The molecule has 0 bridgehead atoms. The van der Waals surface area contributed by atoms with Gasteiger partial charge < -0.3 is 5.32 Å². The van der Waals surface area contributed by atoms with E-state index in [0.717, 1.165) is 19.4 Å². The molecule has 0 aromatic carbocycles. The lowest BCUT2D eigenvalue weighted by Gasteiger charge is -2.19. The number of hydrogen-bond donors (Lipinski definition) is 1. The molecule has 12 heavy (non-hydrogen) atoms. The zero-order valence-electron chi connectivity index (χ0n) is 7.59. The maximum absolute atomic E-state index is 11.0. The molecule has 3 heteroatoms. The van der Waals surface area contributed by atoms with E-state index in [1.165, 1.54) is 0 Å². The van der Waals surface area contributed by atoms with Crippen molar-refractivity contribution < 1.29 is 9.59 Å². The minimum atomic E-state index is -0.313. The molecule has 3 nitrogen and oxygen atoms in total. The van der Waals surface area contributed by atoms with Crippen molar-refractivity contribution >= 4 is 12.1 Å². The first-order chi connectivity index (χ1) is 5.61. The van der Waals surface area contributed by atoms with Crippen molar-refractivity contribution in [3.8, 4) is 0 Å². The summed E-state index contributed by atoms with van der Waals surface area (Å²) >= 11 is 0. The van der Waals surface area contributed by atoms with Gasteiger partial charge in [0.1, 0.15) is 0 Å². The minimum absolute atomic E-state index is 0.198. The van der Waals surface area contributed by atoms with E-state index in [1.807, 2.05) is 0 Å². The molecule has 0 saturated carbocycles. The molecule has 68 valence electrons. The van der Waals surface area contributed by atoms with Gasteiger partial charge in [-0.15, -0.1) is 0 Å². The van der Waals surface area contributed by atoms with Crippen LogP contribution in [0.5, 0.6) is 0 Å². The van der Waals surface area contributed by atoms with Crippen LogP contribution in [-0.4, -0.2) is 24.7 Å². The highest BCUT2D eigenvalue weighted by Crippen LogP contribution is 2.31. The Hall–Kier alpha value is -0.700. The van der Waals surface area contributed by atoms with Crippen molar-refractivity contribution in [1.29, 1.82) is 0 Å². The fourth-order valence-electron chi connectivity index (χ4n) is 1.56. The molecule has 0 aromatic heterocycles. The number of carbonyl (C=O) groups excluding carboxylic acids is 2. The van der Waals surface area contributed by atoms with E-state index in [2.05, 4.69) is 19.2 Å². The molecule has 0 spiro atoms. The van der Waals surface area contributed by atoms with Crippen molar-refractivity contribution in [2.75, 3.05) is 6.54 Å². The van der Waals surface area contributed by atoms with Gasteiger partial charge in [-0.2, -0.15) is 0 Å². The smallest absolute Gasteiger partial charge is 0.212 e. The summed E-state index contributed by atoms with van der Waals surface area (Å²) in [5.74, 6) is -0.313. The van der Waals surface area contributed by atoms with Crippen LogP contribution in [-0.2, 0) is 9.59 Å². The minimum Gasteiger partial charge on any atom is -0.307 e. The van der Waals surface area contributed by atoms with Gasteiger partial charge in [-0.05, 0) is 18.3 Å². The fourth-order valence-corrected chi connectivity index (χ4v) is 1.56. The SMILES string of the molecule is CCC1(C)CNC(C(=O)C=O)C1. The van der Waals surface area contributed by atoms with Crippen molar-refractivity contribution in [2.45, 2.75) is 32.7 Å². The number of Topliss-reactive ketones (excluding diaryl/α,β-unsaturated/α-hetero) is 1. The molecule has 0 amide bonds. The van der Waals surface area contributed by atoms with Crippen LogP contribution >= 0.6 is 0 Å². The van der Waals surface area contributed by atoms with Crippen LogP contribution in [0.15, 0.2) is 0 Å². The first-order valence-corrected chi connectivity index (χ1v) is 4.34. The highest BCUT2D eigenvalue weighted by Gasteiger charge is 2.36. The normalized spacial score (nSPS) is 35.0. The molecule has 0 radical (unpaired) electrons. The molecular formula is C9H15NO2. The maximum Gasteiger partial charge on any atom is 0.212 e. The topological polar surface area (TPSA) is 46.2 Å². The lowest BCUT2D eigenvalue weighted by molar-refractivity contribution is -0.131. The Kier molecular flexibility index (Phi) is 2.62. The van der Waals surface area contributed by atoms with Gasteiger partial charge in [0.05, 0.1) is 6.04 Å². The van der Waals surface area contributed by atoms with E-state index in [-0.39, 0.29) is 17.2 Å². The third kappa shape index (κ3) is 1.72. The molecular weight excluding hydrogens is 154 g/mol. The zero-order chi connectivity index (χ0) is 9.19. The van der Waals surface area contributed by atoms with Crippen molar-refractivity contribution in [3.63, 3.8) is 0 Å². The van der Waals surface area contributed by atoms with Crippen LogP contribution in [0.2, 0.25) is 0 Å². The highest BCUT2D eigenvalue weighted by molar-refractivity contribution is 6.27. The van der Waals surface area contributed by atoms with E-state index in [0.29, 0.717) is 6.29 Å². The molecule has 1 rings (SSSR count).